The number of nitrogens with zero attached hydrogens (tertiary/aromatic N) is 1. The van der Waals surface area contributed by atoms with E-state index in [1.54, 1.807) is 6.07 Å². The summed E-state index contributed by atoms with van der Waals surface area (Å²) in [5, 5.41) is 2.93. The van der Waals surface area contributed by atoms with Gasteiger partial charge in [-0.25, -0.2) is 0 Å². The quantitative estimate of drug-likeness (QED) is 0.895. The van der Waals surface area contributed by atoms with Crippen LogP contribution in [0.2, 0.25) is 0 Å². The number of rotatable bonds is 4. The summed E-state index contributed by atoms with van der Waals surface area (Å²) in [6, 6.07) is 11.7. The molecule has 0 aliphatic heterocycles. The molecule has 20 heavy (non-hydrogen) atoms. The van der Waals surface area contributed by atoms with Gasteiger partial charge < -0.3 is 11.1 Å². The number of anilines is 1. The van der Waals surface area contributed by atoms with E-state index >= 15 is 0 Å². The van der Waals surface area contributed by atoms with Crippen molar-refractivity contribution in [3.63, 3.8) is 0 Å². The molecule has 0 spiro atoms. The van der Waals surface area contributed by atoms with Crippen LogP contribution >= 0.6 is 0 Å². The fourth-order valence-electron chi connectivity index (χ4n) is 1.98. The number of carbonyl (C=O) groups excluding carboxylic acids is 1. The van der Waals surface area contributed by atoms with Gasteiger partial charge in [-0.15, -0.1) is 0 Å². The molecule has 1 heterocycles. The highest BCUT2D eigenvalue weighted by molar-refractivity contribution is 5.94. The van der Waals surface area contributed by atoms with Gasteiger partial charge in [0.25, 0.3) is 5.91 Å². The molecule has 0 aliphatic rings. The molecule has 0 fully saturated rings. The third kappa shape index (κ3) is 3.35. The van der Waals surface area contributed by atoms with Gasteiger partial charge in [-0.05, 0) is 11.6 Å². The Bertz CT molecular complexity index is 594. The van der Waals surface area contributed by atoms with Crippen molar-refractivity contribution in [2.75, 3.05) is 12.3 Å². The second kappa shape index (κ2) is 5.74. The zero-order valence-corrected chi connectivity index (χ0v) is 11.8. The summed E-state index contributed by atoms with van der Waals surface area (Å²) in [6.45, 7) is 4.74. The van der Waals surface area contributed by atoms with Gasteiger partial charge in [0, 0.05) is 24.4 Å². The second-order valence-electron chi connectivity index (χ2n) is 5.44. The molecule has 4 heteroatoms. The average Bonchev–Trinajstić information content (AvgIpc) is 2.46. The van der Waals surface area contributed by atoms with Crippen molar-refractivity contribution in [2.24, 2.45) is 0 Å². The summed E-state index contributed by atoms with van der Waals surface area (Å²) in [6.07, 6.45) is 3.03. The Balaban J connectivity index is 2.03. The molecule has 1 aromatic heterocycles. The predicted octanol–water partition coefficient (Wildman–Crippen LogP) is 2.37. The number of nitrogens with two attached hydrogens (primary N) is 1. The molecule has 0 unspecified atom stereocenters. The molecule has 2 aromatic rings. The topological polar surface area (TPSA) is 68.0 Å². The van der Waals surface area contributed by atoms with Crippen molar-refractivity contribution in [3.05, 3.63) is 59.9 Å². The van der Waals surface area contributed by atoms with Crippen LogP contribution < -0.4 is 11.1 Å². The molecule has 1 amide bonds. The first-order valence-corrected chi connectivity index (χ1v) is 6.53. The van der Waals surface area contributed by atoms with Crippen molar-refractivity contribution in [3.8, 4) is 0 Å². The molecule has 0 saturated carbocycles. The minimum absolute atomic E-state index is 0.134. The molecule has 0 bridgehead atoms. The Kier molecular flexibility index (Phi) is 4.03. The Labute approximate surface area is 119 Å². The van der Waals surface area contributed by atoms with Crippen LogP contribution in [0.1, 0.15) is 29.8 Å². The van der Waals surface area contributed by atoms with Crippen LogP contribution in [-0.4, -0.2) is 17.4 Å². The zero-order chi connectivity index (χ0) is 14.6. The fraction of sp³-hybridized carbons (Fsp3) is 0.250. The van der Waals surface area contributed by atoms with Gasteiger partial charge in [0.1, 0.15) is 0 Å². The molecular formula is C16H19N3O. The third-order valence-corrected chi connectivity index (χ3v) is 3.27. The van der Waals surface area contributed by atoms with Gasteiger partial charge in [0.15, 0.2) is 0 Å². The van der Waals surface area contributed by atoms with Gasteiger partial charge in [-0.3, -0.25) is 9.78 Å². The molecular weight excluding hydrogens is 250 g/mol. The molecule has 0 atom stereocenters. The Morgan fingerprint density at radius 3 is 2.60 bits per heavy atom. The lowest BCUT2D eigenvalue weighted by atomic mass is 9.84. The van der Waals surface area contributed by atoms with E-state index in [4.69, 9.17) is 5.73 Å². The van der Waals surface area contributed by atoms with Crippen molar-refractivity contribution in [1.29, 1.82) is 0 Å². The van der Waals surface area contributed by atoms with Crippen LogP contribution in [0, 0.1) is 0 Å². The predicted molar refractivity (Wildman–Crippen MR) is 80.5 cm³/mol. The SMILES string of the molecule is CC(C)(CNC(=O)c1cncc(N)c1)c1ccccc1. The van der Waals surface area contributed by atoms with E-state index in [1.807, 2.05) is 18.2 Å². The lowest BCUT2D eigenvalue weighted by Gasteiger charge is -2.25. The number of hydrogen-bond acceptors (Lipinski definition) is 3. The van der Waals surface area contributed by atoms with Gasteiger partial charge in [-0.2, -0.15) is 0 Å². The molecule has 3 N–H and O–H groups in total. The van der Waals surface area contributed by atoms with Crippen LogP contribution in [0.25, 0.3) is 0 Å². The summed E-state index contributed by atoms with van der Waals surface area (Å²) < 4.78 is 0. The maximum absolute atomic E-state index is 12.1. The van der Waals surface area contributed by atoms with E-state index in [1.165, 1.54) is 18.0 Å². The maximum atomic E-state index is 12.1. The van der Waals surface area contributed by atoms with Gasteiger partial charge in [0.05, 0.1) is 11.3 Å². The summed E-state index contributed by atoms with van der Waals surface area (Å²) in [4.78, 5) is 16.0. The first kappa shape index (κ1) is 14.1. The van der Waals surface area contributed by atoms with E-state index in [-0.39, 0.29) is 11.3 Å². The second-order valence-corrected chi connectivity index (χ2v) is 5.44. The lowest BCUT2D eigenvalue weighted by molar-refractivity contribution is 0.0945. The molecule has 4 nitrogen and oxygen atoms in total. The standard InChI is InChI=1S/C16H19N3O/c1-16(2,13-6-4-3-5-7-13)11-19-15(20)12-8-14(17)10-18-9-12/h3-10H,11,17H2,1-2H3,(H,19,20). The number of pyridine rings is 1. The number of benzene rings is 1. The molecule has 2 rings (SSSR count). The number of amides is 1. The van der Waals surface area contributed by atoms with Crippen LogP contribution in [-0.2, 0) is 5.41 Å². The van der Waals surface area contributed by atoms with E-state index in [2.05, 4.69) is 36.3 Å². The summed E-state index contributed by atoms with van der Waals surface area (Å²) >= 11 is 0. The van der Waals surface area contributed by atoms with Crippen molar-refractivity contribution < 1.29 is 4.79 Å². The average molecular weight is 269 g/mol. The highest BCUT2D eigenvalue weighted by Crippen LogP contribution is 2.21. The summed E-state index contributed by atoms with van der Waals surface area (Å²) in [7, 11) is 0. The first-order chi connectivity index (χ1) is 9.49. The highest BCUT2D eigenvalue weighted by Gasteiger charge is 2.21. The molecule has 104 valence electrons. The van der Waals surface area contributed by atoms with Crippen LogP contribution in [0.5, 0.6) is 0 Å². The summed E-state index contributed by atoms with van der Waals surface area (Å²) in [5.74, 6) is -0.159. The third-order valence-electron chi connectivity index (χ3n) is 3.27. The number of aromatic nitrogens is 1. The maximum Gasteiger partial charge on any atom is 0.252 e. The smallest absolute Gasteiger partial charge is 0.252 e. The van der Waals surface area contributed by atoms with Crippen molar-refractivity contribution >= 4 is 11.6 Å². The Morgan fingerprint density at radius 1 is 1.25 bits per heavy atom. The van der Waals surface area contributed by atoms with Gasteiger partial charge in [0.2, 0.25) is 0 Å². The molecule has 1 aromatic carbocycles. The molecule has 0 radical (unpaired) electrons. The fourth-order valence-corrected chi connectivity index (χ4v) is 1.98. The Hall–Kier alpha value is -2.36. The first-order valence-electron chi connectivity index (χ1n) is 6.53. The van der Waals surface area contributed by atoms with Crippen molar-refractivity contribution in [1.82, 2.24) is 10.3 Å². The monoisotopic (exact) mass is 269 g/mol. The number of nitrogens with one attached hydrogen (secondary N) is 1. The zero-order valence-electron chi connectivity index (χ0n) is 11.8. The van der Waals surface area contributed by atoms with Crippen LogP contribution in [0.4, 0.5) is 5.69 Å². The van der Waals surface area contributed by atoms with Crippen LogP contribution in [0.3, 0.4) is 0 Å². The normalized spacial score (nSPS) is 11.1. The summed E-state index contributed by atoms with van der Waals surface area (Å²) in [5.41, 5.74) is 7.65. The molecule has 0 aliphatic carbocycles. The van der Waals surface area contributed by atoms with Crippen molar-refractivity contribution in [2.45, 2.75) is 19.3 Å². The molecule has 0 saturated heterocycles. The minimum Gasteiger partial charge on any atom is -0.397 e. The number of nitrogen functional groups attached to an aromatic ring is 1. The van der Waals surface area contributed by atoms with Gasteiger partial charge >= 0.3 is 0 Å². The van der Waals surface area contributed by atoms with Gasteiger partial charge in [-0.1, -0.05) is 44.2 Å². The van der Waals surface area contributed by atoms with E-state index in [9.17, 15) is 4.79 Å². The van der Waals surface area contributed by atoms with Crippen LogP contribution in [0.15, 0.2) is 48.8 Å². The minimum atomic E-state index is -0.159. The van der Waals surface area contributed by atoms with E-state index < -0.39 is 0 Å². The number of carbonyl (C=O) groups is 1. The number of hydrogen-bond donors (Lipinski definition) is 2. The van der Waals surface area contributed by atoms with E-state index in [0.717, 1.165) is 0 Å². The largest absolute Gasteiger partial charge is 0.397 e. The lowest BCUT2D eigenvalue weighted by Crippen LogP contribution is -2.36. The highest BCUT2D eigenvalue weighted by atomic mass is 16.1. The van der Waals surface area contributed by atoms with E-state index in [0.29, 0.717) is 17.8 Å². The Morgan fingerprint density at radius 2 is 1.95 bits per heavy atom.